The van der Waals surface area contributed by atoms with Gasteiger partial charge < -0.3 is 5.73 Å². The van der Waals surface area contributed by atoms with Gasteiger partial charge in [0.15, 0.2) is 0 Å². The van der Waals surface area contributed by atoms with Gasteiger partial charge in [0.2, 0.25) is 10.0 Å². The molecular weight excluding hydrogens is 304 g/mol. The molecule has 21 heavy (non-hydrogen) atoms. The van der Waals surface area contributed by atoms with Gasteiger partial charge in [-0.25, -0.2) is 8.42 Å². The van der Waals surface area contributed by atoms with Crippen molar-refractivity contribution in [3.05, 3.63) is 29.8 Å². The largest absolute Gasteiger partial charge is 0.389 e. The second kappa shape index (κ2) is 6.02. The fourth-order valence-electron chi connectivity index (χ4n) is 2.58. The van der Waals surface area contributed by atoms with Crippen LogP contribution in [-0.4, -0.2) is 30.8 Å². The third kappa shape index (κ3) is 3.81. The molecule has 0 unspecified atom stereocenters. The minimum absolute atomic E-state index is 0.208. The Morgan fingerprint density at radius 3 is 2.38 bits per heavy atom. The minimum atomic E-state index is -3.43. The van der Waals surface area contributed by atoms with Crippen LogP contribution >= 0.6 is 12.2 Å². The molecular formula is C15H22N2O2S2. The lowest BCUT2D eigenvalue weighted by Crippen LogP contribution is -2.32. The van der Waals surface area contributed by atoms with Crippen LogP contribution in [0.4, 0.5) is 0 Å². The predicted octanol–water partition coefficient (Wildman–Crippen LogP) is 2.52. The first-order chi connectivity index (χ1) is 9.72. The van der Waals surface area contributed by atoms with E-state index in [1.807, 2.05) is 0 Å². The molecule has 1 aliphatic rings. The molecule has 4 nitrogen and oxygen atoms in total. The lowest BCUT2D eigenvalue weighted by Gasteiger charge is -2.23. The van der Waals surface area contributed by atoms with E-state index in [9.17, 15) is 8.42 Å². The Kier molecular flexibility index (Phi) is 4.70. The summed E-state index contributed by atoms with van der Waals surface area (Å²) < 4.78 is 27.0. The van der Waals surface area contributed by atoms with Gasteiger partial charge in [0, 0.05) is 18.7 Å². The van der Waals surface area contributed by atoms with Crippen LogP contribution in [-0.2, 0) is 10.0 Å². The van der Waals surface area contributed by atoms with E-state index in [0.29, 0.717) is 23.5 Å². The van der Waals surface area contributed by atoms with Crippen molar-refractivity contribution < 1.29 is 8.42 Å². The molecule has 0 spiro atoms. The van der Waals surface area contributed by atoms with Crippen molar-refractivity contribution in [3.8, 4) is 0 Å². The summed E-state index contributed by atoms with van der Waals surface area (Å²) in [5, 5.41) is 0. The van der Waals surface area contributed by atoms with E-state index in [4.69, 9.17) is 18.0 Å². The Labute approximate surface area is 132 Å². The summed E-state index contributed by atoms with van der Waals surface area (Å²) >= 11 is 4.88. The SMILES string of the molecule is CC1(C)CCCN(S(=O)(=O)c2ccc(C(N)=S)cc2)CC1. The van der Waals surface area contributed by atoms with E-state index in [-0.39, 0.29) is 10.4 Å². The van der Waals surface area contributed by atoms with Crippen molar-refractivity contribution in [2.45, 2.75) is 38.0 Å². The van der Waals surface area contributed by atoms with Crippen LogP contribution in [0.5, 0.6) is 0 Å². The molecule has 0 bridgehead atoms. The molecule has 1 saturated heterocycles. The van der Waals surface area contributed by atoms with Gasteiger partial charge in [-0.3, -0.25) is 0 Å². The van der Waals surface area contributed by atoms with Crippen molar-refractivity contribution in [2.75, 3.05) is 13.1 Å². The van der Waals surface area contributed by atoms with E-state index in [1.54, 1.807) is 28.6 Å². The summed E-state index contributed by atoms with van der Waals surface area (Å²) in [5.74, 6) is 0. The lowest BCUT2D eigenvalue weighted by molar-refractivity contribution is 0.315. The molecule has 116 valence electrons. The Morgan fingerprint density at radius 2 is 1.81 bits per heavy atom. The number of nitrogens with two attached hydrogens (primary N) is 1. The van der Waals surface area contributed by atoms with Gasteiger partial charge in [-0.15, -0.1) is 0 Å². The number of thiocarbonyl (C=S) groups is 1. The highest BCUT2D eigenvalue weighted by molar-refractivity contribution is 7.89. The number of hydrogen-bond acceptors (Lipinski definition) is 3. The monoisotopic (exact) mass is 326 g/mol. The standard InChI is InChI=1S/C15H22N2O2S2/c1-15(2)8-3-10-17(11-9-15)21(18,19)13-6-4-12(5-7-13)14(16)20/h4-7H,3,8-11H2,1-2H3,(H2,16,20). The first-order valence-electron chi connectivity index (χ1n) is 7.12. The summed E-state index contributed by atoms with van der Waals surface area (Å²) in [6, 6.07) is 6.49. The highest BCUT2D eigenvalue weighted by Gasteiger charge is 2.30. The second-order valence-electron chi connectivity index (χ2n) is 6.31. The summed E-state index contributed by atoms with van der Waals surface area (Å²) in [4.78, 5) is 0.581. The third-order valence-corrected chi connectivity index (χ3v) is 6.22. The molecule has 0 radical (unpaired) electrons. The van der Waals surface area contributed by atoms with E-state index in [1.165, 1.54) is 0 Å². The Bertz CT molecular complexity index is 622. The van der Waals surface area contributed by atoms with Crippen LogP contribution in [0.3, 0.4) is 0 Å². The summed E-state index contributed by atoms with van der Waals surface area (Å²) in [7, 11) is -3.43. The molecule has 2 rings (SSSR count). The minimum Gasteiger partial charge on any atom is -0.389 e. The summed E-state index contributed by atoms with van der Waals surface area (Å²) in [5.41, 5.74) is 6.43. The Balaban J connectivity index is 2.23. The maximum atomic E-state index is 12.7. The number of hydrogen-bond donors (Lipinski definition) is 1. The molecule has 0 aromatic heterocycles. The molecule has 1 aliphatic heterocycles. The van der Waals surface area contributed by atoms with Gasteiger partial charge in [-0.1, -0.05) is 38.2 Å². The Hall–Kier alpha value is -0.980. The van der Waals surface area contributed by atoms with E-state index in [2.05, 4.69) is 13.8 Å². The topological polar surface area (TPSA) is 63.4 Å². The smallest absolute Gasteiger partial charge is 0.243 e. The normalized spacial score (nSPS) is 19.9. The fourth-order valence-corrected chi connectivity index (χ4v) is 4.19. The van der Waals surface area contributed by atoms with Crippen LogP contribution in [0.25, 0.3) is 0 Å². The van der Waals surface area contributed by atoms with Crippen molar-refractivity contribution in [3.63, 3.8) is 0 Å². The summed E-state index contributed by atoms with van der Waals surface area (Å²) in [6.07, 6.45) is 2.84. The highest BCUT2D eigenvalue weighted by Crippen LogP contribution is 2.31. The van der Waals surface area contributed by atoms with Crippen LogP contribution in [0.15, 0.2) is 29.2 Å². The highest BCUT2D eigenvalue weighted by atomic mass is 32.2. The molecule has 2 N–H and O–H groups in total. The van der Waals surface area contributed by atoms with Crippen molar-refractivity contribution >= 4 is 27.2 Å². The van der Waals surface area contributed by atoms with Crippen molar-refractivity contribution in [1.29, 1.82) is 0 Å². The number of sulfonamides is 1. The van der Waals surface area contributed by atoms with Crippen LogP contribution in [0, 0.1) is 5.41 Å². The zero-order valence-corrected chi connectivity index (χ0v) is 14.1. The van der Waals surface area contributed by atoms with Crippen molar-refractivity contribution in [2.24, 2.45) is 11.1 Å². The first kappa shape index (κ1) is 16.4. The van der Waals surface area contributed by atoms with E-state index >= 15 is 0 Å². The number of nitrogens with zero attached hydrogens (tertiary/aromatic N) is 1. The van der Waals surface area contributed by atoms with E-state index < -0.39 is 10.0 Å². The quantitative estimate of drug-likeness (QED) is 0.867. The van der Waals surface area contributed by atoms with Gasteiger partial charge in [0.05, 0.1) is 4.90 Å². The van der Waals surface area contributed by atoms with Gasteiger partial charge in [-0.2, -0.15) is 4.31 Å². The molecule has 0 atom stereocenters. The van der Waals surface area contributed by atoms with Crippen molar-refractivity contribution in [1.82, 2.24) is 4.31 Å². The molecule has 6 heteroatoms. The number of benzene rings is 1. The van der Waals surface area contributed by atoms with Gasteiger partial charge >= 0.3 is 0 Å². The van der Waals surface area contributed by atoms with Gasteiger partial charge in [0.25, 0.3) is 0 Å². The van der Waals surface area contributed by atoms with Gasteiger partial charge in [0.1, 0.15) is 4.99 Å². The number of rotatable bonds is 3. The molecule has 0 amide bonds. The zero-order valence-electron chi connectivity index (χ0n) is 12.5. The van der Waals surface area contributed by atoms with Crippen LogP contribution < -0.4 is 5.73 Å². The Morgan fingerprint density at radius 1 is 1.19 bits per heavy atom. The fraction of sp³-hybridized carbons (Fsp3) is 0.533. The molecule has 0 aliphatic carbocycles. The third-order valence-electron chi connectivity index (χ3n) is 4.08. The van der Waals surface area contributed by atoms with Gasteiger partial charge in [-0.05, 0) is 36.8 Å². The molecule has 1 fully saturated rings. The first-order valence-corrected chi connectivity index (χ1v) is 8.97. The summed E-state index contributed by atoms with van der Waals surface area (Å²) in [6.45, 7) is 5.55. The van der Waals surface area contributed by atoms with Crippen LogP contribution in [0.1, 0.15) is 38.7 Å². The van der Waals surface area contributed by atoms with Crippen LogP contribution in [0.2, 0.25) is 0 Å². The molecule has 1 aromatic rings. The average Bonchev–Trinajstić information content (AvgIpc) is 2.60. The predicted molar refractivity (Wildman–Crippen MR) is 88.7 cm³/mol. The molecule has 0 saturated carbocycles. The zero-order chi connectivity index (χ0) is 15.7. The maximum absolute atomic E-state index is 12.7. The maximum Gasteiger partial charge on any atom is 0.243 e. The average molecular weight is 326 g/mol. The second-order valence-corrected chi connectivity index (χ2v) is 8.69. The van der Waals surface area contributed by atoms with E-state index in [0.717, 1.165) is 19.3 Å². The lowest BCUT2D eigenvalue weighted by atomic mass is 9.85. The molecule has 1 heterocycles. The molecule has 1 aromatic carbocycles.